The smallest absolute Gasteiger partial charge is 0.254 e. The zero-order valence-electron chi connectivity index (χ0n) is 10.8. The molecule has 1 amide bonds. The molecule has 1 aliphatic heterocycles. The number of carbonyl (C=O) groups excluding carboxylic acids is 1. The highest BCUT2D eigenvalue weighted by Crippen LogP contribution is 2.19. The monoisotopic (exact) mass is 249 g/mol. The van der Waals surface area contributed by atoms with Crippen LogP contribution < -0.4 is 5.73 Å². The minimum absolute atomic E-state index is 0.0362. The van der Waals surface area contributed by atoms with Crippen LogP contribution in [-0.4, -0.2) is 40.1 Å². The van der Waals surface area contributed by atoms with Crippen LogP contribution in [0.25, 0.3) is 0 Å². The maximum absolute atomic E-state index is 12.3. The molecule has 1 aliphatic rings. The van der Waals surface area contributed by atoms with E-state index in [0.717, 1.165) is 5.69 Å². The molecule has 0 aliphatic carbocycles. The zero-order chi connectivity index (χ0) is 13.3. The fourth-order valence-electron chi connectivity index (χ4n) is 2.32. The Morgan fingerprint density at radius 3 is 2.89 bits per heavy atom. The van der Waals surface area contributed by atoms with Crippen LogP contribution in [0.4, 0.5) is 5.82 Å². The summed E-state index contributed by atoms with van der Waals surface area (Å²) in [4.78, 5) is 18.1. The quantitative estimate of drug-likeness (QED) is 0.772. The highest BCUT2D eigenvalue weighted by molar-refractivity contribution is 5.95. The summed E-state index contributed by atoms with van der Waals surface area (Å²) in [6.07, 6.45) is 0.324. The van der Waals surface area contributed by atoms with Crippen molar-refractivity contribution in [3.63, 3.8) is 0 Å². The van der Waals surface area contributed by atoms with Gasteiger partial charge >= 0.3 is 0 Å². The van der Waals surface area contributed by atoms with E-state index in [1.807, 2.05) is 13.8 Å². The second-order valence-corrected chi connectivity index (χ2v) is 5.01. The Hall–Kier alpha value is -1.62. The fraction of sp³-hybridized carbons (Fsp3) is 0.538. The zero-order valence-corrected chi connectivity index (χ0v) is 10.8. The molecule has 5 nitrogen and oxygen atoms in total. The summed E-state index contributed by atoms with van der Waals surface area (Å²) in [5.41, 5.74) is 6.97. The number of amides is 1. The number of rotatable bonds is 1. The van der Waals surface area contributed by atoms with Gasteiger partial charge in [-0.15, -0.1) is 0 Å². The largest absolute Gasteiger partial charge is 0.393 e. The van der Waals surface area contributed by atoms with E-state index in [1.54, 1.807) is 17.0 Å². The van der Waals surface area contributed by atoms with Crippen LogP contribution in [0.5, 0.6) is 0 Å². The molecule has 0 bridgehead atoms. The molecule has 2 unspecified atom stereocenters. The number of nitrogens with two attached hydrogens (primary N) is 1. The van der Waals surface area contributed by atoms with E-state index in [4.69, 9.17) is 5.73 Å². The van der Waals surface area contributed by atoms with E-state index in [0.29, 0.717) is 30.9 Å². The molecule has 1 fully saturated rings. The standard InChI is InChI=1S/C13H19N3O2/c1-8-7-16(4-3-11(8)17)13(18)10-5-9(2)15-12(14)6-10/h5-6,8,11,17H,3-4,7H2,1-2H3,(H2,14,15). The molecule has 0 radical (unpaired) electrons. The molecule has 0 aromatic carbocycles. The molecule has 2 heterocycles. The summed E-state index contributed by atoms with van der Waals surface area (Å²) >= 11 is 0. The highest BCUT2D eigenvalue weighted by Gasteiger charge is 2.27. The molecular weight excluding hydrogens is 230 g/mol. The number of aryl methyl sites for hydroxylation is 1. The number of aromatic nitrogens is 1. The van der Waals surface area contributed by atoms with Crippen molar-refractivity contribution in [2.24, 2.45) is 5.92 Å². The van der Waals surface area contributed by atoms with Crippen LogP contribution in [0.2, 0.25) is 0 Å². The third-order valence-electron chi connectivity index (χ3n) is 3.37. The first kappa shape index (κ1) is 12.8. The van der Waals surface area contributed by atoms with Crippen molar-refractivity contribution in [2.45, 2.75) is 26.4 Å². The maximum Gasteiger partial charge on any atom is 0.254 e. The van der Waals surface area contributed by atoms with E-state index in [-0.39, 0.29) is 17.9 Å². The average Bonchev–Trinajstić information content (AvgIpc) is 2.30. The molecule has 5 heteroatoms. The number of likely N-dealkylation sites (tertiary alicyclic amines) is 1. The first-order chi connectivity index (χ1) is 8.47. The average molecular weight is 249 g/mol. The van der Waals surface area contributed by atoms with Crippen LogP contribution >= 0.6 is 0 Å². The lowest BCUT2D eigenvalue weighted by Gasteiger charge is -2.34. The lowest BCUT2D eigenvalue weighted by molar-refractivity contribution is 0.0297. The van der Waals surface area contributed by atoms with Crippen LogP contribution in [0.1, 0.15) is 29.4 Å². The van der Waals surface area contributed by atoms with Crippen molar-refractivity contribution in [1.82, 2.24) is 9.88 Å². The summed E-state index contributed by atoms with van der Waals surface area (Å²) in [5.74, 6) is 0.442. The van der Waals surface area contributed by atoms with Crippen molar-refractivity contribution < 1.29 is 9.90 Å². The molecule has 0 spiro atoms. The van der Waals surface area contributed by atoms with Gasteiger partial charge in [-0.3, -0.25) is 4.79 Å². The van der Waals surface area contributed by atoms with E-state index in [9.17, 15) is 9.90 Å². The topological polar surface area (TPSA) is 79.5 Å². The molecule has 1 aromatic heterocycles. The Morgan fingerprint density at radius 2 is 2.28 bits per heavy atom. The Balaban J connectivity index is 2.16. The predicted molar refractivity (Wildman–Crippen MR) is 69.1 cm³/mol. The second kappa shape index (κ2) is 4.94. The first-order valence-electron chi connectivity index (χ1n) is 6.19. The van der Waals surface area contributed by atoms with E-state index >= 15 is 0 Å². The molecule has 1 saturated heterocycles. The molecule has 98 valence electrons. The number of aliphatic hydroxyl groups excluding tert-OH is 1. The summed E-state index contributed by atoms with van der Waals surface area (Å²) in [7, 11) is 0. The lowest BCUT2D eigenvalue weighted by Crippen LogP contribution is -2.45. The molecule has 3 N–H and O–H groups in total. The Bertz CT molecular complexity index is 441. The van der Waals surface area contributed by atoms with Gasteiger partial charge < -0.3 is 15.7 Å². The number of anilines is 1. The van der Waals surface area contributed by atoms with Crippen molar-refractivity contribution in [2.75, 3.05) is 18.8 Å². The second-order valence-electron chi connectivity index (χ2n) is 5.01. The molecule has 2 rings (SSSR count). The van der Waals surface area contributed by atoms with Gasteiger partial charge in [-0.05, 0) is 31.4 Å². The summed E-state index contributed by atoms with van der Waals surface area (Å²) in [5, 5.41) is 9.67. The maximum atomic E-state index is 12.3. The van der Waals surface area contributed by atoms with Crippen LogP contribution in [0, 0.1) is 12.8 Å². The number of hydrogen-bond donors (Lipinski definition) is 2. The third-order valence-corrected chi connectivity index (χ3v) is 3.37. The molecular formula is C13H19N3O2. The number of pyridine rings is 1. The minimum Gasteiger partial charge on any atom is -0.393 e. The van der Waals surface area contributed by atoms with Gasteiger partial charge in [-0.2, -0.15) is 0 Å². The molecule has 0 saturated carbocycles. The van der Waals surface area contributed by atoms with Crippen molar-refractivity contribution in [3.05, 3.63) is 23.4 Å². The summed E-state index contributed by atoms with van der Waals surface area (Å²) < 4.78 is 0. The van der Waals surface area contributed by atoms with Gasteiger partial charge in [-0.25, -0.2) is 4.98 Å². The van der Waals surface area contributed by atoms with Crippen LogP contribution in [0.15, 0.2) is 12.1 Å². The number of carbonyl (C=O) groups is 1. The third kappa shape index (κ3) is 2.61. The molecule has 18 heavy (non-hydrogen) atoms. The van der Waals surface area contributed by atoms with Crippen LogP contribution in [0.3, 0.4) is 0 Å². The number of aliphatic hydroxyl groups is 1. The van der Waals surface area contributed by atoms with Gasteiger partial charge in [0.05, 0.1) is 6.10 Å². The number of hydrogen-bond acceptors (Lipinski definition) is 4. The molecule has 2 atom stereocenters. The highest BCUT2D eigenvalue weighted by atomic mass is 16.3. The van der Waals surface area contributed by atoms with Gasteiger partial charge in [0.1, 0.15) is 5.82 Å². The fourth-order valence-corrected chi connectivity index (χ4v) is 2.32. The minimum atomic E-state index is -0.307. The van der Waals surface area contributed by atoms with Gasteiger partial charge in [0.2, 0.25) is 0 Å². The van der Waals surface area contributed by atoms with Gasteiger partial charge in [0.15, 0.2) is 0 Å². The predicted octanol–water partition coefficient (Wildman–Crippen LogP) is 0.815. The van der Waals surface area contributed by atoms with Crippen LogP contribution in [-0.2, 0) is 0 Å². The first-order valence-corrected chi connectivity index (χ1v) is 6.19. The van der Waals surface area contributed by atoms with Crippen molar-refractivity contribution >= 4 is 11.7 Å². The molecule has 1 aromatic rings. The lowest BCUT2D eigenvalue weighted by atomic mass is 9.96. The Labute approximate surface area is 107 Å². The SMILES string of the molecule is Cc1cc(C(=O)N2CCC(O)C(C)C2)cc(N)n1. The number of piperidine rings is 1. The Morgan fingerprint density at radius 1 is 1.56 bits per heavy atom. The van der Waals surface area contributed by atoms with Gasteiger partial charge in [-0.1, -0.05) is 6.92 Å². The van der Waals surface area contributed by atoms with E-state index < -0.39 is 0 Å². The van der Waals surface area contributed by atoms with E-state index in [2.05, 4.69) is 4.98 Å². The Kier molecular flexibility index (Phi) is 3.52. The number of nitrogen functional groups attached to an aromatic ring is 1. The normalized spacial score (nSPS) is 24.1. The summed E-state index contributed by atoms with van der Waals surface area (Å²) in [6, 6.07) is 3.35. The summed E-state index contributed by atoms with van der Waals surface area (Å²) in [6.45, 7) is 4.94. The van der Waals surface area contributed by atoms with Gasteiger partial charge in [0, 0.05) is 24.3 Å². The van der Waals surface area contributed by atoms with E-state index in [1.165, 1.54) is 0 Å². The number of nitrogens with zero attached hydrogens (tertiary/aromatic N) is 2. The van der Waals surface area contributed by atoms with Gasteiger partial charge in [0.25, 0.3) is 5.91 Å². The van der Waals surface area contributed by atoms with Crippen molar-refractivity contribution in [1.29, 1.82) is 0 Å². The van der Waals surface area contributed by atoms with Crippen molar-refractivity contribution in [3.8, 4) is 0 Å².